The number of carbonyl (C=O) groups excluding carboxylic acids is 2. The van der Waals surface area contributed by atoms with Crippen molar-refractivity contribution in [2.45, 2.75) is 0 Å². The summed E-state index contributed by atoms with van der Waals surface area (Å²) in [5, 5.41) is 0. The van der Waals surface area contributed by atoms with Crippen molar-refractivity contribution >= 4 is 17.6 Å². The fourth-order valence-corrected chi connectivity index (χ4v) is 3.05. The average Bonchev–Trinajstić information content (AvgIpc) is 3.22. The van der Waals surface area contributed by atoms with E-state index in [4.69, 9.17) is 14.9 Å². The van der Waals surface area contributed by atoms with Crippen molar-refractivity contribution in [1.29, 1.82) is 0 Å². The molecule has 2 N–H and O–H groups in total. The Morgan fingerprint density at radius 2 is 1.92 bits per heavy atom. The molecule has 6 nitrogen and oxygen atoms in total. The molecule has 1 aliphatic carbocycles. The van der Waals surface area contributed by atoms with E-state index in [0.29, 0.717) is 33.5 Å². The Labute approximate surface area is 136 Å². The molecule has 0 unspecified atom stereocenters. The van der Waals surface area contributed by atoms with E-state index >= 15 is 0 Å². The van der Waals surface area contributed by atoms with Crippen molar-refractivity contribution in [1.82, 2.24) is 4.98 Å². The molecule has 3 aromatic rings. The lowest BCUT2D eigenvalue weighted by atomic mass is 9.94. The lowest BCUT2D eigenvalue weighted by molar-refractivity contribution is 0.0602. The van der Waals surface area contributed by atoms with Gasteiger partial charge in [-0.2, -0.15) is 0 Å². The summed E-state index contributed by atoms with van der Waals surface area (Å²) < 4.78 is 9.95. The number of methoxy groups -OCH3 is 1. The van der Waals surface area contributed by atoms with Crippen molar-refractivity contribution in [3.63, 3.8) is 0 Å². The predicted molar refractivity (Wildman–Crippen MR) is 86.6 cm³/mol. The Morgan fingerprint density at radius 1 is 1.17 bits per heavy atom. The van der Waals surface area contributed by atoms with E-state index in [-0.39, 0.29) is 17.2 Å². The summed E-state index contributed by atoms with van der Waals surface area (Å²) in [6.45, 7) is 0. The zero-order valence-corrected chi connectivity index (χ0v) is 12.7. The van der Waals surface area contributed by atoms with Crippen LogP contribution in [0.4, 0.5) is 5.82 Å². The lowest BCUT2D eigenvalue weighted by Crippen LogP contribution is -2.13. The highest BCUT2D eigenvalue weighted by Gasteiger charge is 2.35. The van der Waals surface area contributed by atoms with Gasteiger partial charge >= 0.3 is 5.97 Å². The van der Waals surface area contributed by atoms with E-state index in [1.807, 2.05) is 12.1 Å². The molecule has 1 aliphatic rings. The third-order valence-corrected chi connectivity index (χ3v) is 4.08. The molecule has 0 fully saturated rings. The minimum atomic E-state index is -0.650. The zero-order chi connectivity index (χ0) is 16.8. The topological polar surface area (TPSA) is 95.4 Å². The number of ketones is 1. The van der Waals surface area contributed by atoms with E-state index in [9.17, 15) is 9.59 Å². The summed E-state index contributed by atoms with van der Waals surface area (Å²) in [5.41, 5.74) is 9.10. The highest BCUT2D eigenvalue weighted by atomic mass is 16.5. The van der Waals surface area contributed by atoms with Crippen LogP contribution in [0.15, 0.2) is 47.3 Å². The van der Waals surface area contributed by atoms with E-state index in [2.05, 4.69) is 4.98 Å². The van der Waals surface area contributed by atoms with Crippen LogP contribution < -0.4 is 5.73 Å². The molecule has 1 aromatic carbocycles. The molecule has 0 saturated heterocycles. The first-order valence-electron chi connectivity index (χ1n) is 7.22. The van der Waals surface area contributed by atoms with Gasteiger partial charge in [0.25, 0.3) is 0 Å². The first-order chi connectivity index (χ1) is 11.6. The van der Waals surface area contributed by atoms with Gasteiger partial charge in [0.15, 0.2) is 5.78 Å². The molecule has 6 heteroatoms. The smallest absolute Gasteiger partial charge is 0.342 e. The molecule has 4 rings (SSSR count). The minimum absolute atomic E-state index is 0.0151. The largest absolute Gasteiger partial charge is 0.472 e. The van der Waals surface area contributed by atoms with Gasteiger partial charge in [0, 0.05) is 22.3 Å². The number of rotatable bonds is 2. The van der Waals surface area contributed by atoms with Gasteiger partial charge in [0.05, 0.1) is 30.9 Å². The summed E-state index contributed by atoms with van der Waals surface area (Å²) in [7, 11) is 1.25. The van der Waals surface area contributed by atoms with Crippen LogP contribution in [-0.2, 0) is 4.74 Å². The number of nitrogens with two attached hydrogens (primary N) is 1. The average molecular weight is 320 g/mol. The van der Waals surface area contributed by atoms with Crippen molar-refractivity contribution in [2.24, 2.45) is 0 Å². The van der Waals surface area contributed by atoms with Gasteiger partial charge in [-0.15, -0.1) is 0 Å². The molecule has 2 heterocycles. The number of hydrogen-bond acceptors (Lipinski definition) is 6. The molecular formula is C18H12N2O4. The summed E-state index contributed by atoms with van der Waals surface area (Å²) in [5.74, 6) is -0.835. The Hall–Kier alpha value is -3.41. The molecule has 24 heavy (non-hydrogen) atoms. The number of pyridine rings is 1. The Bertz CT molecular complexity index is 991. The fourth-order valence-electron chi connectivity index (χ4n) is 3.05. The number of carbonyl (C=O) groups is 2. The number of nitrogen functional groups attached to an aromatic ring is 1. The van der Waals surface area contributed by atoms with Gasteiger partial charge in [0.1, 0.15) is 11.4 Å². The van der Waals surface area contributed by atoms with E-state index in [0.717, 1.165) is 0 Å². The monoisotopic (exact) mass is 320 g/mol. The molecule has 0 atom stereocenters. The number of nitrogens with zero attached hydrogens (tertiary/aromatic N) is 1. The highest BCUT2D eigenvalue weighted by molar-refractivity contribution is 6.26. The van der Waals surface area contributed by atoms with E-state index in [1.54, 1.807) is 18.2 Å². The lowest BCUT2D eigenvalue weighted by Gasteiger charge is -2.13. The van der Waals surface area contributed by atoms with Gasteiger partial charge in [-0.25, -0.2) is 9.78 Å². The highest BCUT2D eigenvalue weighted by Crippen LogP contribution is 2.43. The first-order valence-corrected chi connectivity index (χ1v) is 7.22. The predicted octanol–water partition coefficient (Wildman–Crippen LogP) is 2.92. The third kappa shape index (κ3) is 1.80. The Balaban J connectivity index is 2.13. The van der Waals surface area contributed by atoms with Gasteiger partial charge in [-0.05, 0) is 6.07 Å². The molecule has 0 aliphatic heterocycles. The summed E-state index contributed by atoms with van der Waals surface area (Å²) in [6, 6.07) is 8.81. The SMILES string of the molecule is COC(=O)c1c(N)nc2c(c1-c1ccoc1)C(=O)c1ccccc1-2. The Morgan fingerprint density at radius 3 is 2.58 bits per heavy atom. The first kappa shape index (κ1) is 14.2. The molecule has 0 bridgehead atoms. The van der Waals surface area contributed by atoms with Gasteiger partial charge in [-0.3, -0.25) is 4.79 Å². The van der Waals surface area contributed by atoms with Crippen LogP contribution in [-0.4, -0.2) is 23.8 Å². The van der Waals surface area contributed by atoms with Gasteiger partial charge in [-0.1, -0.05) is 24.3 Å². The second-order valence-corrected chi connectivity index (χ2v) is 5.35. The number of hydrogen-bond donors (Lipinski definition) is 1. The molecule has 0 spiro atoms. The standard InChI is InChI=1S/C18H12N2O4/c1-23-18(22)14-12(9-6-7-24-8-9)13-15(20-17(14)19)10-4-2-3-5-11(10)16(13)21/h2-8H,1H3,(H2,19,20). The molecule has 118 valence electrons. The van der Waals surface area contributed by atoms with Crippen molar-refractivity contribution in [2.75, 3.05) is 12.8 Å². The summed E-state index contributed by atoms with van der Waals surface area (Å²) in [4.78, 5) is 29.5. The molecule has 0 amide bonds. The molecule has 0 saturated carbocycles. The van der Waals surface area contributed by atoms with Crippen molar-refractivity contribution in [3.05, 3.63) is 59.5 Å². The number of furan rings is 1. The molecular weight excluding hydrogens is 308 g/mol. The van der Waals surface area contributed by atoms with Crippen LogP contribution in [0, 0.1) is 0 Å². The second kappa shape index (κ2) is 5.06. The van der Waals surface area contributed by atoms with Crippen LogP contribution in [0.25, 0.3) is 22.4 Å². The van der Waals surface area contributed by atoms with Crippen LogP contribution in [0.3, 0.4) is 0 Å². The van der Waals surface area contributed by atoms with Gasteiger partial charge in [0.2, 0.25) is 0 Å². The van der Waals surface area contributed by atoms with Crippen molar-refractivity contribution in [3.8, 4) is 22.4 Å². The summed E-state index contributed by atoms with van der Waals surface area (Å²) in [6.07, 6.45) is 2.92. The number of benzene rings is 1. The van der Waals surface area contributed by atoms with E-state index in [1.165, 1.54) is 19.6 Å². The third-order valence-electron chi connectivity index (χ3n) is 4.08. The molecule has 0 radical (unpaired) electrons. The minimum Gasteiger partial charge on any atom is -0.472 e. The van der Waals surface area contributed by atoms with E-state index < -0.39 is 5.97 Å². The van der Waals surface area contributed by atoms with Crippen LogP contribution in [0.2, 0.25) is 0 Å². The maximum atomic E-state index is 12.9. The molecule has 2 aromatic heterocycles. The van der Waals surface area contributed by atoms with Crippen LogP contribution >= 0.6 is 0 Å². The zero-order valence-electron chi connectivity index (χ0n) is 12.7. The quantitative estimate of drug-likeness (QED) is 0.571. The normalized spacial score (nSPS) is 12.0. The van der Waals surface area contributed by atoms with Crippen LogP contribution in [0.5, 0.6) is 0 Å². The summed E-state index contributed by atoms with van der Waals surface area (Å²) >= 11 is 0. The number of aromatic nitrogens is 1. The van der Waals surface area contributed by atoms with Crippen molar-refractivity contribution < 1.29 is 18.7 Å². The number of ether oxygens (including phenoxy) is 1. The Kier molecular flexibility index (Phi) is 2.99. The van der Waals surface area contributed by atoms with Crippen LogP contribution in [0.1, 0.15) is 26.3 Å². The number of esters is 1. The maximum absolute atomic E-state index is 12.9. The fraction of sp³-hybridized carbons (Fsp3) is 0.0556. The maximum Gasteiger partial charge on any atom is 0.342 e. The number of fused-ring (bicyclic) bond motifs is 3. The van der Waals surface area contributed by atoms with Gasteiger partial charge < -0.3 is 14.9 Å². The second-order valence-electron chi connectivity index (χ2n) is 5.35. The number of anilines is 1.